The molecule has 1 N–H and O–H groups in total. The van der Waals surface area contributed by atoms with Gasteiger partial charge in [0.15, 0.2) is 0 Å². The van der Waals surface area contributed by atoms with Crippen LogP contribution in [0.2, 0.25) is 0 Å². The molecule has 0 aliphatic carbocycles. The summed E-state index contributed by atoms with van der Waals surface area (Å²) in [6.45, 7) is 8.36. The highest BCUT2D eigenvalue weighted by atomic mass is 16.2. The monoisotopic (exact) mass is 359 g/mol. The Bertz CT molecular complexity index is 670. The van der Waals surface area contributed by atoms with Gasteiger partial charge in [-0.2, -0.15) is 0 Å². The van der Waals surface area contributed by atoms with Crippen molar-refractivity contribution in [2.45, 2.75) is 32.7 Å². The Labute approximate surface area is 155 Å². The van der Waals surface area contributed by atoms with Crippen LogP contribution in [0.4, 0.5) is 5.69 Å². The molecule has 0 bridgehead atoms. The Morgan fingerprint density at radius 1 is 1.19 bits per heavy atom. The topological polar surface area (TPSA) is 68.8 Å². The van der Waals surface area contributed by atoms with E-state index in [2.05, 4.69) is 34.3 Å². The second kappa shape index (κ2) is 8.03. The van der Waals surface area contributed by atoms with Crippen molar-refractivity contribution >= 4 is 17.5 Å². The van der Waals surface area contributed by atoms with E-state index in [4.69, 9.17) is 4.98 Å². The van der Waals surface area contributed by atoms with Crippen molar-refractivity contribution in [1.82, 2.24) is 20.1 Å². The molecule has 7 nitrogen and oxygen atoms in total. The lowest BCUT2D eigenvalue weighted by molar-refractivity contribution is -0.133. The Balaban J connectivity index is 1.77. The third-order valence-corrected chi connectivity index (χ3v) is 5.23. The van der Waals surface area contributed by atoms with Gasteiger partial charge in [0, 0.05) is 51.0 Å². The van der Waals surface area contributed by atoms with Crippen molar-refractivity contribution in [3.8, 4) is 0 Å². The first-order chi connectivity index (χ1) is 12.4. The first-order valence-electron chi connectivity index (χ1n) is 9.40. The zero-order chi connectivity index (χ0) is 18.7. The Kier molecular flexibility index (Phi) is 5.76. The molecule has 2 fully saturated rings. The lowest BCUT2D eigenvalue weighted by Crippen LogP contribution is -2.44. The van der Waals surface area contributed by atoms with Gasteiger partial charge in [0.1, 0.15) is 0 Å². The summed E-state index contributed by atoms with van der Waals surface area (Å²) in [6, 6.07) is 4.28. The lowest BCUT2D eigenvalue weighted by atomic mass is 10.1. The van der Waals surface area contributed by atoms with Crippen LogP contribution in [-0.2, 0) is 9.59 Å². The molecule has 0 aromatic carbocycles. The van der Waals surface area contributed by atoms with Gasteiger partial charge in [-0.05, 0) is 38.9 Å². The lowest BCUT2D eigenvalue weighted by Gasteiger charge is -2.34. The van der Waals surface area contributed by atoms with Crippen LogP contribution in [0.1, 0.15) is 37.2 Å². The summed E-state index contributed by atoms with van der Waals surface area (Å²) < 4.78 is 0. The molecule has 26 heavy (non-hydrogen) atoms. The maximum absolute atomic E-state index is 12.5. The standard InChI is InChI=1S/C19H29N5O2/c1-14-11-16(23-9-7-22(3)8-10-23)12-17(21-14)18-5-4-6-24(18)19(26)13-20-15(2)25/h11-12,18H,4-10,13H2,1-3H3,(H,20,25)/t18-/m0/s1. The van der Waals surface area contributed by atoms with Crippen LogP contribution in [0.5, 0.6) is 0 Å². The highest BCUT2D eigenvalue weighted by Gasteiger charge is 2.31. The van der Waals surface area contributed by atoms with E-state index in [1.807, 2.05) is 11.8 Å². The smallest absolute Gasteiger partial charge is 0.242 e. The van der Waals surface area contributed by atoms with Gasteiger partial charge in [-0.1, -0.05) is 0 Å². The number of rotatable bonds is 4. The first-order valence-corrected chi connectivity index (χ1v) is 9.40. The van der Waals surface area contributed by atoms with Crippen molar-refractivity contribution < 1.29 is 9.59 Å². The third kappa shape index (κ3) is 4.33. The molecule has 0 spiro atoms. The number of amides is 2. The zero-order valence-corrected chi connectivity index (χ0v) is 16.0. The average Bonchev–Trinajstić information content (AvgIpc) is 3.09. The quantitative estimate of drug-likeness (QED) is 0.867. The minimum atomic E-state index is -0.180. The Morgan fingerprint density at radius 2 is 1.92 bits per heavy atom. The number of hydrogen-bond acceptors (Lipinski definition) is 5. The fourth-order valence-corrected chi connectivity index (χ4v) is 3.77. The molecule has 2 amide bonds. The predicted octanol–water partition coefficient (Wildman–Crippen LogP) is 0.941. The molecule has 0 saturated carbocycles. The van der Waals surface area contributed by atoms with Gasteiger partial charge in [-0.25, -0.2) is 0 Å². The molecule has 1 aromatic heterocycles. The average molecular weight is 359 g/mol. The molecule has 2 aliphatic rings. The number of nitrogens with one attached hydrogen (secondary N) is 1. The van der Waals surface area contributed by atoms with Gasteiger partial charge in [0.2, 0.25) is 11.8 Å². The second-order valence-corrected chi connectivity index (χ2v) is 7.34. The highest BCUT2D eigenvalue weighted by molar-refractivity contribution is 5.84. The number of hydrogen-bond donors (Lipinski definition) is 1. The molecule has 3 heterocycles. The number of piperazine rings is 1. The SMILES string of the molecule is CC(=O)NCC(=O)N1CCC[C@H]1c1cc(N2CCN(C)CC2)cc(C)n1. The fourth-order valence-electron chi connectivity index (χ4n) is 3.77. The third-order valence-electron chi connectivity index (χ3n) is 5.23. The minimum absolute atomic E-state index is 0.00220. The summed E-state index contributed by atoms with van der Waals surface area (Å²) in [5.41, 5.74) is 3.15. The van der Waals surface area contributed by atoms with Gasteiger partial charge in [-0.15, -0.1) is 0 Å². The molecule has 1 aromatic rings. The van der Waals surface area contributed by atoms with Crippen molar-refractivity contribution in [2.75, 3.05) is 51.2 Å². The van der Waals surface area contributed by atoms with E-state index < -0.39 is 0 Å². The fraction of sp³-hybridized carbons (Fsp3) is 0.632. The van der Waals surface area contributed by atoms with E-state index in [0.29, 0.717) is 0 Å². The maximum atomic E-state index is 12.5. The zero-order valence-electron chi connectivity index (χ0n) is 16.0. The molecule has 0 unspecified atom stereocenters. The van der Waals surface area contributed by atoms with E-state index in [9.17, 15) is 9.59 Å². The summed E-state index contributed by atoms with van der Waals surface area (Å²) in [6.07, 6.45) is 1.89. The van der Waals surface area contributed by atoms with Crippen LogP contribution in [0.3, 0.4) is 0 Å². The van der Waals surface area contributed by atoms with E-state index in [0.717, 1.165) is 57.0 Å². The van der Waals surface area contributed by atoms with Crippen LogP contribution in [-0.4, -0.2) is 72.9 Å². The van der Waals surface area contributed by atoms with Gasteiger partial charge in [-0.3, -0.25) is 14.6 Å². The summed E-state index contributed by atoms with van der Waals surface area (Å²) >= 11 is 0. The summed E-state index contributed by atoms with van der Waals surface area (Å²) in [5.74, 6) is -0.215. The normalized spacial score (nSPS) is 21.1. The number of aromatic nitrogens is 1. The molecule has 2 saturated heterocycles. The van der Waals surface area contributed by atoms with Crippen LogP contribution in [0.15, 0.2) is 12.1 Å². The van der Waals surface area contributed by atoms with Gasteiger partial charge < -0.3 is 20.0 Å². The van der Waals surface area contributed by atoms with Crippen LogP contribution in [0.25, 0.3) is 0 Å². The van der Waals surface area contributed by atoms with Crippen molar-refractivity contribution in [2.24, 2.45) is 0 Å². The second-order valence-electron chi connectivity index (χ2n) is 7.34. The number of anilines is 1. The molecule has 3 rings (SSSR count). The molecule has 2 aliphatic heterocycles. The van der Waals surface area contributed by atoms with E-state index >= 15 is 0 Å². The first kappa shape index (κ1) is 18.6. The predicted molar refractivity (Wildman–Crippen MR) is 101 cm³/mol. The van der Waals surface area contributed by atoms with Crippen molar-refractivity contribution in [3.63, 3.8) is 0 Å². The molecule has 0 radical (unpaired) electrons. The molecular weight excluding hydrogens is 330 g/mol. The number of nitrogens with zero attached hydrogens (tertiary/aromatic N) is 4. The number of carbonyl (C=O) groups excluding carboxylic acids is 2. The molecular formula is C19H29N5O2. The van der Waals surface area contributed by atoms with Crippen LogP contribution >= 0.6 is 0 Å². The summed E-state index contributed by atoms with van der Waals surface area (Å²) in [7, 11) is 2.15. The van der Waals surface area contributed by atoms with Crippen molar-refractivity contribution in [3.05, 3.63) is 23.5 Å². The van der Waals surface area contributed by atoms with Gasteiger partial charge >= 0.3 is 0 Å². The van der Waals surface area contributed by atoms with Crippen molar-refractivity contribution in [1.29, 1.82) is 0 Å². The summed E-state index contributed by atoms with van der Waals surface area (Å²) in [4.78, 5) is 34.9. The number of aryl methyl sites for hydroxylation is 1. The number of carbonyl (C=O) groups is 2. The Morgan fingerprint density at radius 3 is 2.62 bits per heavy atom. The molecule has 7 heteroatoms. The minimum Gasteiger partial charge on any atom is -0.369 e. The number of pyridine rings is 1. The molecule has 142 valence electrons. The molecule has 1 atom stereocenters. The van der Waals surface area contributed by atoms with E-state index in [1.54, 1.807) is 0 Å². The van der Waals surface area contributed by atoms with Crippen LogP contribution < -0.4 is 10.2 Å². The van der Waals surface area contributed by atoms with E-state index in [1.165, 1.54) is 12.6 Å². The number of likely N-dealkylation sites (tertiary alicyclic amines) is 1. The van der Waals surface area contributed by atoms with Gasteiger partial charge in [0.25, 0.3) is 0 Å². The maximum Gasteiger partial charge on any atom is 0.242 e. The van der Waals surface area contributed by atoms with Gasteiger partial charge in [0.05, 0.1) is 18.3 Å². The number of likely N-dealkylation sites (N-methyl/N-ethyl adjacent to an activating group) is 1. The van der Waals surface area contributed by atoms with Crippen LogP contribution in [0, 0.1) is 6.92 Å². The highest BCUT2D eigenvalue weighted by Crippen LogP contribution is 2.33. The summed E-state index contributed by atoms with van der Waals surface area (Å²) in [5, 5.41) is 2.61. The Hall–Kier alpha value is -2.15. The largest absolute Gasteiger partial charge is 0.369 e. The van der Waals surface area contributed by atoms with E-state index in [-0.39, 0.29) is 24.4 Å².